The van der Waals surface area contributed by atoms with Gasteiger partial charge in [-0.3, -0.25) is 4.98 Å². The highest BCUT2D eigenvalue weighted by Gasteiger charge is 2.35. The maximum atomic E-state index is 5.93. The molecule has 1 unspecified atom stereocenters. The van der Waals surface area contributed by atoms with Crippen LogP contribution in [-0.2, 0) is 16.9 Å². The number of pyridine rings is 1. The van der Waals surface area contributed by atoms with E-state index in [0.29, 0.717) is 11.4 Å². The summed E-state index contributed by atoms with van der Waals surface area (Å²) in [5.74, 6) is 0. The summed E-state index contributed by atoms with van der Waals surface area (Å²) in [6.45, 7) is 6.18. The summed E-state index contributed by atoms with van der Waals surface area (Å²) in [5, 5.41) is 0.669. The molecule has 1 heterocycles. The summed E-state index contributed by atoms with van der Waals surface area (Å²) >= 11 is 5.93. The van der Waals surface area contributed by atoms with Gasteiger partial charge in [-0.05, 0) is 48.9 Å². The molecule has 3 aromatic rings. The van der Waals surface area contributed by atoms with Crippen LogP contribution in [0.15, 0.2) is 91.1 Å². The van der Waals surface area contributed by atoms with E-state index in [0.717, 1.165) is 22.5 Å². The van der Waals surface area contributed by atoms with E-state index in [2.05, 4.69) is 34.7 Å². The monoisotopic (exact) mass is 379 g/mol. The summed E-state index contributed by atoms with van der Waals surface area (Å²) in [4.78, 5) is 10.2. The SMILES string of the molecule is C=C(C)C(Cc1ccccc1)(NONc1ccc(Cl)cc1)c1ccccn1. The van der Waals surface area contributed by atoms with E-state index in [1.807, 2.05) is 55.5 Å². The number of aromatic nitrogens is 1. The van der Waals surface area contributed by atoms with Crippen LogP contribution < -0.4 is 11.0 Å². The van der Waals surface area contributed by atoms with Crippen molar-refractivity contribution in [1.29, 1.82) is 0 Å². The van der Waals surface area contributed by atoms with Gasteiger partial charge < -0.3 is 0 Å². The van der Waals surface area contributed by atoms with Crippen molar-refractivity contribution < 1.29 is 4.94 Å². The van der Waals surface area contributed by atoms with Gasteiger partial charge in [0.05, 0.1) is 11.4 Å². The topological polar surface area (TPSA) is 46.2 Å². The molecule has 0 spiro atoms. The van der Waals surface area contributed by atoms with Gasteiger partial charge in [0, 0.05) is 17.6 Å². The Balaban J connectivity index is 1.86. The molecule has 2 aromatic carbocycles. The first-order valence-corrected chi connectivity index (χ1v) is 9.04. The van der Waals surface area contributed by atoms with Crippen LogP contribution in [-0.4, -0.2) is 4.98 Å². The fourth-order valence-electron chi connectivity index (χ4n) is 2.84. The van der Waals surface area contributed by atoms with Crippen LogP contribution in [0.3, 0.4) is 0 Å². The standard InChI is InChI=1S/C22H22ClN3O/c1-17(2)22(21-10-6-7-15-24-21,16-18-8-4-3-5-9-18)26-27-25-20-13-11-19(23)12-14-20/h3-15,25-26H,1,16H2,2H3. The number of hydrogen-bond acceptors (Lipinski definition) is 4. The first-order valence-electron chi connectivity index (χ1n) is 8.66. The van der Waals surface area contributed by atoms with Crippen LogP contribution in [0.1, 0.15) is 18.2 Å². The zero-order valence-corrected chi connectivity index (χ0v) is 15.9. The number of anilines is 1. The molecule has 4 nitrogen and oxygen atoms in total. The van der Waals surface area contributed by atoms with E-state index in [1.165, 1.54) is 0 Å². The van der Waals surface area contributed by atoms with Crippen molar-refractivity contribution in [3.63, 3.8) is 0 Å². The number of rotatable bonds is 8. The number of hydrogen-bond donors (Lipinski definition) is 2. The lowest BCUT2D eigenvalue weighted by atomic mass is 9.82. The largest absolute Gasteiger partial charge is 0.259 e. The van der Waals surface area contributed by atoms with Crippen LogP contribution >= 0.6 is 11.6 Å². The molecule has 138 valence electrons. The van der Waals surface area contributed by atoms with E-state index in [4.69, 9.17) is 16.5 Å². The maximum Gasteiger partial charge on any atom is 0.112 e. The van der Waals surface area contributed by atoms with Crippen LogP contribution in [0.4, 0.5) is 5.69 Å². The fraction of sp³-hybridized carbons (Fsp3) is 0.136. The number of hydroxylamine groups is 1. The molecule has 0 bridgehead atoms. The predicted molar refractivity (Wildman–Crippen MR) is 110 cm³/mol. The minimum atomic E-state index is -0.692. The van der Waals surface area contributed by atoms with Gasteiger partial charge in [-0.25, -0.2) is 5.48 Å². The van der Waals surface area contributed by atoms with Gasteiger partial charge in [0.1, 0.15) is 5.54 Å². The number of halogens is 1. The molecule has 3 rings (SSSR count). The van der Waals surface area contributed by atoms with Crippen molar-refractivity contribution in [3.05, 3.63) is 107 Å². The Bertz CT molecular complexity index is 869. The Morgan fingerprint density at radius 2 is 1.74 bits per heavy atom. The van der Waals surface area contributed by atoms with Crippen molar-refractivity contribution in [2.75, 3.05) is 5.48 Å². The second-order valence-electron chi connectivity index (χ2n) is 6.38. The normalized spacial score (nSPS) is 13.0. The molecule has 0 aliphatic carbocycles. The molecule has 0 amide bonds. The Hall–Kier alpha value is -2.66. The third-order valence-electron chi connectivity index (χ3n) is 4.38. The van der Waals surface area contributed by atoms with Gasteiger partial charge in [-0.1, -0.05) is 60.2 Å². The molecule has 1 aromatic heterocycles. The highest BCUT2D eigenvalue weighted by Crippen LogP contribution is 2.31. The molecular weight excluding hydrogens is 358 g/mol. The van der Waals surface area contributed by atoms with Crippen molar-refractivity contribution in [2.24, 2.45) is 0 Å². The first kappa shape index (κ1) is 19.1. The summed E-state index contributed by atoms with van der Waals surface area (Å²) in [5.41, 5.74) is 9.01. The molecule has 1 atom stereocenters. The lowest BCUT2D eigenvalue weighted by molar-refractivity contribution is 0.0219. The Kier molecular flexibility index (Phi) is 6.24. The summed E-state index contributed by atoms with van der Waals surface area (Å²) in [6, 6.07) is 23.3. The molecule has 0 aliphatic rings. The fourth-order valence-corrected chi connectivity index (χ4v) is 2.97. The molecule has 0 fully saturated rings. The smallest absolute Gasteiger partial charge is 0.112 e. The van der Waals surface area contributed by atoms with Gasteiger partial charge in [0.2, 0.25) is 0 Å². The zero-order valence-electron chi connectivity index (χ0n) is 15.2. The minimum Gasteiger partial charge on any atom is -0.259 e. The van der Waals surface area contributed by atoms with Crippen molar-refractivity contribution >= 4 is 17.3 Å². The lowest BCUT2D eigenvalue weighted by Gasteiger charge is -2.34. The second-order valence-corrected chi connectivity index (χ2v) is 6.81. The quantitative estimate of drug-likeness (QED) is 0.412. The van der Waals surface area contributed by atoms with Crippen LogP contribution in [0.25, 0.3) is 0 Å². The second kappa shape index (κ2) is 8.82. The Morgan fingerprint density at radius 1 is 1.04 bits per heavy atom. The van der Waals surface area contributed by atoms with E-state index < -0.39 is 5.54 Å². The Labute approximate surface area is 164 Å². The van der Waals surface area contributed by atoms with Crippen LogP contribution in [0.5, 0.6) is 0 Å². The number of nitrogens with zero attached hydrogens (tertiary/aromatic N) is 1. The highest BCUT2D eigenvalue weighted by atomic mass is 35.5. The van der Waals surface area contributed by atoms with Crippen molar-refractivity contribution in [3.8, 4) is 0 Å². The van der Waals surface area contributed by atoms with E-state index in [-0.39, 0.29) is 0 Å². The van der Waals surface area contributed by atoms with E-state index in [9.17, 15) is 0 Å². The highest BCUT2D eigenvalue weighted by molar-refractivity contribution is 6.30. The third-order valence-corrected chi connectivity index (χ3v) is 4.63. The third kappa shape index (κ3) is 4.74. The molecule has 0 saturated carbocycles. The number of nitrogens with one attached hydrogen (secondary N) is 2. The molecule has 2 N–H and O–H groups in total. The van der Waals surface area contributed by atoms with Gasteiger partial charge in [-0.2, -0.15) is 10.4 Å². The summed E-state index contributed by atoms with van der Waals surface area (Å²) < 4.78 is 0. The lowest BCUT2D eigenvalue weighted by Crippen LogP contribution is -2.46. The van der Waals surface area contributed by atoms with Gasteiger partial charge in [0.25, 0.3) is 0 Å². The minimum absolute atomic E-state index is 0.641. The van der Waals surface area contributed by atoms with Crippen LogP contribution in [0, 0.1) is 0 Å². The summed E-state index contributed by atoms with van der Waals surface area (Å²) in [7, 11) is 0. The van der Waals surface area contributed by atoms with Crippen molar-refractivity contribution in [2.45, 2.75) is 18.9 Å². The average Bonchev–Trinajstić information content (AvgIpc) is 2.70. The molecule has 0 radical (unpaired) electrons. The van der Waals surface area contributed by atoms with E-state index in [1.54, 1.807) is 18.3 Å². The van der Waals surface area contributed by atoms with E-state index >= 15 is 0 Å². The molecular formula is C22H22ClN3O. The predicted octanol–water partition coefficient (Wildman–Crippen LogP) is 5.30. The molecule has 5 heteroatoms. The van der Waals surface area contributed by atoms with Crippen molar-refractivity contribution in [1.82, 2.24) is 10.5 Å². The summed E-state index contributed by atoms with van der Waals surface area (Å²) in [6.07, 6.45) is 2.41. The molecule has 0 saturated heterocycles. The number of benzene rings is 2. The first-order chi connectivity index (χ1) is 13.1. The Morgan fingerprint density at radius 3 is 2.37 bits per heavy atom. The zero-order chi connectivity index (χ0) is 19.1. The van der Waals surface area contributed by atoms with Crippen LogP contribution in [0.2, 0.25) is 5.02 Å². The maximum absolute atomic E-state index is 5.93. The van der Waals surface area contributed by atoms with Gasteiger partial charge >= 0.3 is 0 Å². The molecule has 0 aliphatic heterocycles. The average molecular weight is 380 g/mol. The van der Waals surface area contributed by atoms with Gasteiger partial charge in [-0.15, -0.1) is 0 Å². The van der Waals surface area contributed by atoms with Gasteiger partial charge in [0.15, 0.2) is 0 Å². The molecule has 27 heavy (non-hydrogen) atoms.